The number of aliphatic hydroxyl groups is 3. The van der Waals surface area contributed by atoms with Crippen molar-refractivity contribution in [2.45, 2.75) is 5.97 Å². The lowest BCUT2D eigenvalue weighted by molar-refractivity contribution is -0.327. The minimum atomic E-state index is -2.96. The van der Waals surface area contributed by atoms with E-state index >= 15 is 0 Å². The highest BCUT2D eigenvalue weighted by Gasteiger charge is 2.19. The Balaban J connectivity index is 3.55. The molecule has 0 aromatic carbocycles. The summed E-state index contributed by atoms with van der Waals surface area (Å²) in [5.41, 5.74) is 0. The van der Waals surface area contributed by atoms with Crippen LogP contribution in [0.15, 0.2) is 12.7 Å². The fourth-order valence-corrected chi connectivity index (χ4v) is 0.227. The van der Waals surface area contributed by atoms with E-state index in [1.165, 1.54) is 0 Å². The number of ether oxygens (including phenoxy) is 1. The third-order valence-electron chi connectivity index (χ3n) is 0.575. The van der Waals surface area contributed by atoms with E-state index in [2.05, 4.69) is 11.3 Å². The zero-order valence-electron chi connectivity index (χ0n) is 5.15. The van der Waals surface area contributed by atoms with Crippen LogP contribution in [0.2, 0.25) is 0 Å². The summed E-state index contributed by atoms with van der Waals surface area (Å²) in [6.45, 7) is 2.15. The van der Waals surface area contributed by atoms with Gasteiger partial charge >= 0.3 is 11.9 Å². The van der Waals surface area contributed by atoms with Crippen LogP contribution in [0.1, 0.15) is 0 Å². The molecule has 0 radical (unpaired) electrons. The largest absolute Gasteiger partial charge is 0.454 e. The Morgan fingerprint density at radius 1 is 1.60 bits per heavy atom. The zero-order valence-corrected chi connectivity index (χ0v) is 5.15. The summed E-state index contributed by atoms with van der Waals surface area (Å²) < 4.78 is 4.05. The molecule has 0 spiro atoms. The third-order valence-corrected chi connectivity index (χ3v) is 0.575. The van der Waals surface area contributed by atoms with Gasteiger partial charge < -0.3 is 20.1 Å². The highest BCUT2D eigenvalue weighted by molar-refractivity contribution is 5.81. The lowest BCUT2D eigenvalue weighted by atomic mass is 10.6. The standard InChI is InChI=1S/C5H8O5/c1-2-4(6)10-3-5(7,8)9/h2,7-9H,1,3H2. The van der Waals surface area contributed by atoms with Crippen LogP contribution in [0.25, 0.3) is 0 Å². The van der Waals surface area contributed by atoms with E-state index in [-0.39, 0.29) is 0 Å². The molecule has 58 valence electrons. The topological polar surface area (TPSA) is 87.0 Å². The van der Waals surface area contributed by atoms with Gasteiger partial charge in [0.2, 0.25) is 0 Å². The van der Waals surface area contributed by atoms with Crippen molar-refractivity contribution in [3.63, 3.8) is 0 Å². The monoisotopic (exact) mass is 148 g/mol. The Kier molecular flexibility index (Phi) is 3.01. The minimum Gasteiger partial charge on any atom is -0.454 e. The molecule has 5 nitrogen and oxygen atoms in total. The average Bonchev–Trinajstić information content (AvgIpc) is 1.81. The highest BCUT2D eigenvalue weighted by atomic mass is 16.7. The summed E-state index contributed by atoms with van der Waals surface area (Å²) in [6, 6.07) is 0. The summed E-state index contributed by atoms with van der Waals surface area (Å²) in [5.74, 6) is -3.79. The normalized spacial score (nSPS) is 10.7. The van der Waals surface area contributed by atoms with Gasteiger partial charge in [-0.05, 0) is 0 Å². The second-order valence-electron chi connectivity index (χ2n) is 1.59. The van der Waals surface area contributed by atoms with Gasteiger partial charge in [-0.1, -0.05) is 6.58 Å². The van der Waals surface area contributed by atoms with Gasteiger partial charge in [-0.3, -0.25) is 0 Å². The molecule has 0 unspecified atom stereocenters. The number of hydrogen-bond acceptors (Lipinski definition) is 5. The van der Waals surface area contributed by atoms with E-state index in [0.29, 0.717) is 0 Å². The summed E-state index contributed by atoms with van der Waals surface area (Å²) in [6.07, 6.45) is 0.839. The molecule has 3 N–H and O–H groups in total. The molecular weight excluding hydrogens is 140 g/mol. The van der Waals surface area contributed by atoms with E-state index in [1.54, 1.807) is 0 Å². The quantitative estimate of drug-likeness (QED) is 0.253. The van der Waals surface area contributed by atoms with Gasteiger partial charge in [-0.15, -0.1) is 0 Å². The van der Waals surface area contributed by atoms with Gasteiger partial charge in [-0.2, -0.15) is 0 Å². The lowest BCUT2D eigenvalue weighted by Crippen LogP contribution is -2.34. The zero-order chi connectivity index (χ0) is 8.20. The van der Waals surface area contributed by atoms with Crippen molar-refractivity contribution in [2.75, 3.05) is 6.61 Å². The van der Waals surface area contributed by atoms with E-state index < -0.39 is 18.5 Å². The predicted molar refractivity (Wildman–Crippen MR) is 30.5 cm³/mol. The van der Waals surface area contributed by atoms with E-state index in [0.717, 1.165) is 6.08 Å². The molecule has 0 saturated carbocycles. The summed E-state index contributed by atoms with van der Waals surface area (Å²) in [4.78, 5) is 10.2. The SMILES string of the molecule is C=CC(=O)OCC(O)(O)O. The van der Waals surface area contributed by atoms with Crippen molar-refractivity contribution in [3.05, 3.63) is 12.7 Å². The van der Waals surface area contributed by atoms with Crippen LogP contribution in [0.4, 0.5) is 0 Å². The van der Waals surface area contributed by atoms with Crippen LogP contribution in [0, 0.1) is 0 Å². The van der Waals surface area contributed by atoms with Crippen molar-refractivity contribution in [1.82, 2.24) is 0 Å². The van der Waals surface area contributed by atoms with E-state index in [4.69, 9.17) is 15.3 Å². The van der Waals surface area contributed by atoms with Crippen LogP contribution < -0.4 is 0 Å². The second-order valence-corrected chi connectivity index (χ2v) is 1.59. The number of carbonyl (C=O) groups excluding carboxylic acids is 1. The van der Waals surface area contributed by atoms with E-state index in [1.807, 2.05) is 0 Å². The Hall–Kier alpha value is -0.910. The molecule has 0 amide bonds. The number of carbonyl (C=O) groups is 1. The summed E-state index contributed by atoms with van der Waals surface area (Å²) in [5, 5.41) is 24.5. The van der Waals surface area contributed by atoms with Gasteiger partial charge in [-0.25, -0.2) is 4.79 Å². The van der Waals surface area contributed by atoms with Crippen LogP contribution in [0.5, 0.6) is 0 Å². The molecule has 0 aliphatic rings. The van der Waals surface area contributed by atoms with Gasteiger partial charge in [0, 0.05) is 6.08 Å². The van der Waals surface area contributed by atoms with Crippen molar-refractivity contribution < 1.29 is 24.9 Å². The van der Waals surface area contributed by atoms with Gasteiger partial charge in [0.25, 0.3) is 0 Å². The predicted octanol–water partition coefficient (Wildman–Crippen LogP) is -1.65. The van der Waals surface area contributed by atoms with Gasteiger partial charge in [0.15, 0.2) is 6.61 Å². The first-order valence-corrected chi connectivity index (χ1v) is 2.42. The Morgan fingerprint density at radius 3 is 2.40 bits per heavy atom. The molecule has 0 aliphatic carbocycles. The Morgan fingerprint density at radius 2 is 2.10 bits per heavy atom. The van der Waals surface area contributed by atoms with Gasteiger partial charge in [0.1, 0.15) is 0 Å². The fraction of sp³-hybridized carbons (Fsp3) is 0.400. The van der Waals surface area contributed by atoms with Crippen molar-refractivity contribution in [1.29, 1.82) is 0 Å². The maximum Gasteiger partial charge on any atom is 0.330 e. The van der Waals surface area contributed by atoms with Crippen molar-refractivity contribution in [3.8, 4) is 0 Å². The van der Waals surface area contributed by atoms with Crippen molar-refractivity contribution >= 4 is 5.97 Å². The van der Waals surface area contributed by atoms with Crippen LogP contribution in [0.3, 0.4) is 0 Å². The summed E-state index contributed by atoms with van der Waals surface area (Å²) >= 11 is 0. The third kappa shape index (κ3) is 5.23. The molecule has 5 heteroatoms. The maximum atomic E-state index is 10.2. The first-order chi connectivity index (χ1) is 4.45. The molecule has 0 heterocycles. The Bertz CT molecular complexity index is 133. The van der Waals surface area contributed by atoms with E-state index in [9.17, 15) is 4.79 Å². The van der Waals surface area contributed by atoms with Crippen LogP contribution >= 0.6 is 0 Å². The molecule has 0 atom stereocenters. The average molecular weight is 148 g/mol. The lowest BCUT2D eigenvalue weighted by Gasteiger charge is -2.12. The first-order valence-electron chi connectivity index (χ1n) is 2.42. The molecule has 0 fully saturated rings. The second kappa shape index (κ2) is 3.31. The molecule has 0 aromatic rings. The van der Waals surface area contributed by atoms with Crippen molar-refractivity contribution in [2.24, 2.45) is 0 Å². The van der Waals surface area contributed by atoms with Crippen LogP contribution in [-0.2, 0) is 9.53 Å². The molecule has 0 aromatic heterocycles. The number of rotatable bonds is 3. The molecule has 0 bridgehead atoms. The number of hydrogen-bond donors (Lipinski definition) is 3. The molecule has 0 rings (SSSR count). The highest BCUT2D eigenvalue weighted by Crippen LogP contribution is 1.93. The molecule has 0 aliphatic heterocycles. The molecule has 0 saturated heterocycles. The fourth-order valence-electron chi connectivity index (χ4n) is 0.227. The first kappa shape index (κ1) is 9.09. The summed E-state index contributed by atoms with van der Waals surface area (Å²) in [7, 11) is 0. The smallest absolute Gasteiger partial charge is 0.330 e. The maximum absolute atomic E-state index is 10.2. The molecule has 10 heavy (non-hydrogen) atoms. The molecular formula is C5H8O5. The minimum absolute atomic E-state index is 0.832. The van der Waals surface area contributed by atoms with Gasteiger partial charge in [0.05, 0.1) is 0 Å². The Labute approximate surface area is 57.2 Å². The number of esters is 1. The van der Waals surface area contributed by atoms with Crippen LogP contribution in [-0.4, -0.2) is 33.9 Å².